The van der Waals surface area contributed by atoms with Gasteiger partial charge in [0, 0.05) is 28.9 Å². The second-order valence-electron chi connectivity index (χ2n) is 3.48. The normalized spacial score (nSPS) is 10.2. The second-order valence-corrected chi connectivity index (χ2v) is 3.48. The van der Waals surface area contributed by atoms with Crippen molar-refractivity contribution in [3.05, 3.63) is 36.4 Å². The minimum atomic E-state index is -0.0972. The van der Waals surface area contributed by atoms with Gasteiger partial charge in [0.15, 0.2) is 0 Å². The first-order valence-electron chi connectivity index (χ1n) is 4.69. The number of anilines is 1. The molecule has 4 heteroatoms. The molecule has 0 aliphatic heterocycles. The molecular formula is C12H11NO3. The van der Waals surface area contributed by atoms with E-state index in [1.54, 1.807) is 12.1 Å². The van der Waals surface area contributed by atoms with Crippen molar-refractivity contribution in [2.45, 2.75) is 0 Å². The van der Waals surface area contributed by atoms with Crippen molar-refractivity contribution in [3.63, 3.8) is 0 Å². The molecule has 0 fully saturated rings. The van der Waals surface area contributed by atoms with E-state index in [4.69, 9.17) is 10.8 Å². The SMILES string of the molecule is Nc1ccc(-c2ccc(O)cc2O)c(O)c1. The van der Waals surface area contributed by atoms with E-state index in [0.717, 1.165) is 0 Å². The van der Waals surface area contributed by atoms with E-state index in [0.29, 0.717) is 16.8 Å². The van der Waals surface area contributed by atoms with Crippen molar-refractivity contribution >= 4 is 5.69 Å². The summed E-state index contributed by atoms with van der Waals surface area (Å²) >= 11 is 0. The summed E-state index contributed by atoms with van der Waals surface area (Å²) in [6, 6.07) is 8.81. The maximum absolute atomic E-state index is 9.68. The summed E-state index contributed by atoms with van der Waals surface area (Å²) in [5, 5.41) is 28.5. The van der Waals surface area contributed by atoms with Gasteiger partial charge in [-0.15, -0.1) is 0 Å². The van der Waals surface area contributed by atoms with E-state index in [1.807, 2.05) is 0 Å². The fourth-order valence-electron chi connectivity index (χ4n) is 1.52. The first-order valence-corrected chi connectivity index (χ1v) is 4.69. The van der Waals surface area contributed by atoms with Crippen LogP contribution in [0.3, 0.4) is 0 Å². The van der Waals surface area contributed by atoms with Gasteiger partial charge in [-0.2, -0.15) is 0 Å². The summed E-state index contributed by atoms with van der Waals surface area (Å²) in [6.45, 7) is 0. The lowest BCUT2D eigenvalue weighted by Gasteiger charge is -2.08. The van der Waals surface area contributed by atoms with Crippen molar-refractivity contribution < 1.29 is 15.3 Å². The molecule has 0 bridgehead atoms. The molecule has 0 aromatic heterocycles. The number of nitrogen functional groups attached to an aromatic ring is 1. The third-order valence-electron chi connectivity index (χ3n) is 2.29. The predicted molar refractivity (Wildman–Crippen MR) is 61.3 cm³/mol. The van der Waals surface area contributed by atoms with Crippen molar-refractivity contribution in [1.82, 2.24) is 0 Å². The average molecular weight is 217 g/mol. The van der Waals surface area contributed by atoms with E-state index >= 15 is 0 Å². The standard InChI is InChI=1S/C12H11NO3/c13-7-1-3-9(11(15)5-7)10-4-2-8(14)6-12(10)16/h1-6,14-16H,13H2. The number of phenols is 3. The summed E-state index contributed by atoms with van der Waals surface area (Å²) in [5.74, 6) is -0.141. The third kappa shape index (κ3) is 1.72. The fraction of sp³-hybridized carbons (Fsp3) is 0. The summed E-state index contributed by atoms with van der Waals surface area (Å²) in [7, 11) is 0. The summed E-state index contributed by atoms with van der Waals surface area (Å²) in [5.41, 5.74) is 6.85. The van der Waals surface area contributed by atoms with E-state index in [2.05, 4.69) is 0 Å². The summed E-state index contributed by atoms with van der Waals surface area (Å²) in [4.78, 5) is 0. The van der Waals surface area contributed by atoms with Crippen LogP contribution in [0.5, 0.6) is 17.2 Å². The molecule has 5 N–H and O–H groups in total. The number of hydrogen-bond acceptors (Lipinski definition) is 4. The molecule has 0 saturated heterocycles. The molecule has 0 heterocycles. The third-order valence-corrected chi connectivity index (χ3v) is 2.29. The van der Waals surface area contributed by atoms with Crippen molar-refractivity contribution in [2.75, 3.05) is 5.73 Å². The molecule has 2 aromatic carbocycles. The highest BCUT2D eigenvalue weighted by atomic mass is 16.3. The predicted octanol–water partition coefficient (Wildman–Crippen LogP) is 2.05. The highest BCUT2D eigenvalue weighted by Crippen LogP contribution is 2.37. The lowest BCUT2D eigenvalue weighted by molar-refractivity contribution is 0.450. The van der Waals surface area contributed by atoms with Crippen molar-refractivity contribution in [3.8, 4) is 28.4 Å². The van der Waals surface area contributed by atoms with Gasteiger partial charge in [-0.3, -0.25) is 0 Å². The number of benzene rings is 2. The van der Waals surface area contributed by atoms with Crippen LogP contribution in [0.15, 0.2) is 36.4 Å². The van der Waals surface area contributed by atoms with Crippen LogP contribution in [0.25, 0.3) is 11.1 Å². The molecule has 2 aromatic rings. The van der Waals surface area contributed by atoms with Crippen LogP contribution in [0.4, 0.5) is 5.69 Å². The number of hydrogen-bond donors (Lipinski definition) is 4. The number of aromatic hydroxyl groups is 3. The highest BCUT2D eigenvalue weighted by molar-refractivity contribution is 5.77. The highest BCUT2D eigenvalue weighted by Gasteiger charge is 2.09. The van der Waals surface area contributed by atoms with Crippen LogP contribution in [-0.4, -0.2) is 15.3 Å². The second kappa shape index (κ2) is 3.66. The molecule has 0 atom stereocenters. The number of phenolic OH excluding ortho intramolecular Hbond substituents is 3. The Hall–Kier alpha value is -2.36. The Morgan fingerprint density at radius 3 is 1.88 bits per heavy atom. The van der Waals surface area contributed by atoms with Gasteiger partial charge in [0.05, 0.1) is 0 Å². The molecule has 82 valence electrons. The monoisotopic (exact) mass is 217 g/mol. The van der Waals surface area contributed by atoms with Gasteiger partial charge in [0.1, 0.15) is 17.2 Å². The molecule has 2 rings (SSSR count). The van der Waals surface area contributed by atoms with E-state index < -0.39 is 0 Å². The van der Waals surface area contributed by atoms with Crippen LogP contribution in [0.2, 0.25) is 0 Å². The lowest BCUT2D eigenvalue weighted by atomic mass is 10.0. The first kappa shape index (κ1) is 10.2. The van der Waals surface area contributed by atoms with Crippen LogP contribution in [0, 0.1) is 0 Å². The molecule has 0 aliphatic rings. The molecule has 0 unspecified atom stereocenters. The topological polar surface area (TPSA) is 86.7 Å². The quantitative estimate of drug-likeness (QED) is 0.550. The lowest BCUT2D eigenvalue weighted by Crippen LogP contribution is -1.86. The van der Waals surface area contributed by atoms with E-state index in [-0.39, 0.29) is 17.2 Å². The van der Waals surface area contributed by atoms with E-state index in [9.17, 15) is 10.2 Å². The van der Waals surface area contributed by atoms with Gasteiger partial charge in [-0.05, 0) is 24.3 Å². The minimum Gasteiger partial charge on any atom is -0.508 e. The van der Waals surface area contributed by atoms with Gasteiger partial charge < -0.3 is 21.1 Å². The Kier molecular flexibility index (Phi) is 2.32. The maximum atomic E-state index is 9.68. The molecule has 0 radical (unpaired) electrons. The van der Waals surface area contributed by atoms with Crippen molar-refractivity contribution in [2.24, 2.45) is 0 Å². The Balaban J connectivity index is 2.59. The molecule has 0 amide bonds. The Bertz CT molecular complexity index is 488. The van der Waals surface area contributed by atoms with Gasteiger partial charge in [-0.25, -0.2) is 0 Å². The molecule has 0 spiro atoms. The zero-order valence-corrected chi connectivity index (χ0v) is 8.38. The Morgan fingerprint density at radius 2 is 1.31 bits per heavy atom. The number of nitrogens with two attached hydrogens (primary N) is 1. The Labute approximate surface area is 92.2 Å². The van der Waals surface area contributed by atoms with Crippen LogP contribution in [0.1, 0.15) is 0 Å². The molecule has 0 aliphatic carbocycles. The van der Waals surface area contributed by atoms with Crippen LogP contribution < -0.4 is 5.73 Å². The minimum absolute atomic E-state index is 0.0130. The Morgan fingerprint density at radius 1 is 0.750 bits per heavy atom. The molecular weight excluding hydrogens is 206 g/mol. The molecule has 16 heavy (non-hydrogen) atoms. The van der Waals surface area contributed by atoms with Gasteiger partial charge >= 0.3 is 0 Å². The van der Waals surface area contributed by atoms with Crippen LogP contribution in [-0.2, 0) is 0 Å². The summed E-state index contributed by atoms with van der Waals surface area (Å²) in [6.07, 6.45) is 0. The zero-order valence-electron chi connectivity index (χ0n) is 8.38. The summed E-state index contributed by atoms with van der Waals surface area (Å²) < 4.78 is 0. The van der Waals surface area contributed by atoms with E-state index in [1.165, 1.54) is 24.3 Å². The van der Waals surface area contributed by atoms with Gasteiger partial charge in [-0.1, -0.05) is 0 Å². The smallest absolute Gasteiger partial charge is 0.127 e. The fourth-order valence-corrected chi connectivity index (χ4v) is 1.52. The van der Waals surface area contributed by atoms with Crippen molar-refractivity contribution in [1.29, 1.82) is 0 Å². The largest absolute Gasteiger partial charge is 0.508 e. The zero-order chi connectivity index (χ0) is 11.7. The maximum Gasteiger partial charge on any atom is 0.127 e. The number of rotatable bonds is 1. The van der Waals surface area contributed by atoms with Gasteiger partial charge in [0.2, 0.25) is 0 Å². The van der Waals surface area contributed by atoms with Crippen LogP contribution >= 0.6 is 0 Å². The first-order chi connectivity index (χ1) is 7.58. The van der Waals surface area contributed by atoms with Gasteiger partial charge in [0.25, 0.3) is 0 Å². The molecule has 0 saturated carbocycles. The average Bonchev–Trinajstić information content (AvgIpc) is 2.19. The molecule has 4 nitrogen and oxygen atoms in total.